The number of rotatable bonds is 0. The van der Waals surface area contributed by atoms with E-state index in [1.54, 1.807) is 0 Å². The first-order chi connectivity index (χ1) is 7.81. The van der Waals surface area contributed by atoms with Gasteiger partial charge in [0.1, 0.15) is 0 Å². The summed E-state index contributed by atoms with van der Waals surface area (Å²) in [6, 6.07) is 2.23. The number of nitrogens with one attached hydrogen (secondary N) is 2. The predicted octanol–water partition coefficient (Wildman–Crippen LogP) is 1.23. The molecule has 1 aliphatic carbocycles. The van der Waals surface area contributed by atoms with Crippen LogP contribution in [0, 0.1) is 16.7 Å². The van der Waals surface area contributed by atoms with Crippen LogP contribution in [0.2, 0.25) is 0 Å². The summed E-state index contributed by atoms with van der Waals surface area (Å²) in [5.74, 6) is 0. The fourth-order valence-corrected chi connectivity index (χ4v) is 2.75. The van der Waals surface area contributed by atoms with Gasteiger partial charge in [0.15, 0.2) is 0 Å². The smallest absolute Gasteiger partial charge is 0.0966 e. The van der Waals surface area contributed by atoms with E-state index in [4.69, 9.17) is 5.26 Å². The third-order valence-electron chi connectivity index (χ3n) is 3.66. The molecular weight excluding hydrogens is 198 g/mol. The molecule has 0 bridgehead atoms. The summed E-state index contributed by atoms with van der Waals surface area (Å²) in [5.41, 5.74) is 3.50. The molecule has 2 heterocycles. The minimum atomic E-state index is 0.240. The standard InChI is InChI=1S/C13H15N3/c14-8-10-5-11-6-13(1-3-15-4-2-13)7-12(11)16-9-10/h5-7,15-16H,1-4,9H2. The molecule has 0 aromatic carbocycles. The zero-order chi connectivity index (χ0) is 11.0. The molecule has 3 aliphatic rings. The van der Waals surface area contributed by atoms with E-state index in [0.717, 1.165) is 31.5 Å². The van der Waals surface area contributed by atoms with E-state index < -0.39 is 0 Å². The Bertz CT molecular complexity index is 442. The second-order valence-electron chi connectivity index (χ2n) is 4.78. The van der Waals surface area contributed by atoms with Gasteiger partial charge in [0, 0.05) is 16.7 Å². The van der Waals surface area contributed by atoms with Crippen LogP contribution < -0.4 is 10.6 Å². The highest BCUT2D eigenvalue weighted by Gasteiger charge is 2.34. The lowest BCUT2D eigenvalue weighted by molar-refractivity contribution is 0.345. The van der Waals surface area contributed by atoms with E-state index >= 15 is 0 Å². The van der Waals surface area contributed by atoms with Crippen molar-refractivity contribution in [3.05, 3.63) is 35.1 Å². The van der Waals surface area contributed by atoms with Crippen LogP contribution >= 0.6 is 0 Å². The Labute approximate surface area is 95.5 Å². The predicted molar refractivity (Wildman–Crippen MR) is 62.4 cm³/mol. The minimum Gasteiger partial charge on any atom is -0.380 e. The number of piperidine rings is 1. The Morgan fingerprint density at radius 3 is 2.81 bits per heavy atom. The van der Waals surface area contributed by atoms with Gasteiger partial charge < -0.3 is 10.6 Å². The molecule has 16 heavy (non-hydrogen) atoms. The van der Waals surface area contributed by atoms with Gasteiger partial charge in [0.05, 0.1) is 12.6 Å². The third-order valence-corrected chi connectivity index (χ3v) is 3.66. The first-order valence-corrected chi connectivity index (χ1v) is 5.83. The molecule has 0 aromatic heterocycles. The van der Waals surface area contributed by atoms with Gasteiger partial charge in [-0.05, 0) is 37.6 Å². The maximum absolute atomic E-state index is 8.90. The highest BCUT2D eigenvalue weighted by molar-refractivity contribution is 5.54. The molecule has 0 unspecified atom stereocenters. The molecule has 0 radical (unpaired) electrons. The van der Waals surface area contributed by atoms with Crippen molar-refractivity contribution in [1.29, 1.82) is 5.26 Å². The Hall–Kier alpha value is -1.53. The van der Waals surface area contributed by atoms with Crippen molar-refractivity contribution < 1.29 is 0 Å². The molecule has 0 saturated carbocycles. The second kappa shape index (κ2) is 3.50. The largest absolute Gasteiger partial charge is 0.380 e. The molecule has 2 N–H and O–H groups in total. The van der Waals surface area contributed by atoms with Crippen molar-refractivity contribution in [2.75, 3.05) is 19.6 Å². The highest BCUT2D eigenvalue weighted by atomic mass is 14.9. The Morgan fingerprint density at radius 1 is 1.25 bits per heavy atom. The van der Waals surface area contributed by atoms with E-state index in [1.807, 2.05) is 6.08 Å². The molecule has 3 rings (SSSR count). The van der Waals surface area contributed by atoms with E-state index in [1.165, 1.54) is 11.3 Å². The Balaban J connectivity index is 1.95. The number of hydrogen-bond acceptors (Lipinski definition) is 3. The maximum Gasteiger partial charge on any atom is 0.0966 e. The van der Waals surface area contributed by atoms with Gasteiger partial charge in [-0.15, -0.1) is 0 Å². The molecule has 0 atom stereocenters. The van der Waals surface area contributed by atoms with Crippen molar-refractivity contribution in [3.8, 4) is 6.07 Å². The second-order valence-corrected chi connectivity index (χ2v) is 4.78. The van der Waals surface area contributed by atoms with Crippen LogP contribution in [0.15, 0.2) is 35.1 Å². The highest BCUT2D eigenvalue weighted by Crippen LogP contribution is 2.41. The average Bonchev–Trinajstić information content (AvgIpc) is 2.66. The van der Waals surface area contributed by atoms with Crippen LogP contribution in [-0.2, 0) is 0 Å². The average molecular weight is 213 g/mol. The normalized spacial score (nSPS) is 26.1. The lowest BCUT2D eigenvalue weighted by Gasteiger charge is -2.30. The van der Waals surface area contributed by atoms with Crippen LogP contribution in [0.1, 0.15) is 12.8 Å². The molecule has 1 spiro atoms. The number of fused-ring (bicyclic) bond motifs is 1. The van der Waals surface area contributed by atoms with Gasteiger partial charge in [-0.2, -0.15) is 5.26 Å². The molecule has 1 saturated heterocycles. The summed E-state index contributed by atoms with van der Waals surface area (Å²) >= 11 is 0. The topological polar surface area (TPSA) is 47.9 Å². The van der Waals surface area contributed by atoms with Crippen LogP contribution in [0.5, 0.6) is 0 Å². The van der Waals surface area contributed by atoms with Crippen molar-refractivity contribution >= 4 is 0 Å². The molecule has 0 amide bonds. The van der Waals surface area contributed by atoms with E-state index in [-0.39, 0.29) is 5.41 Å². The van der Waals surface area contributed by atoms with Gasteiger partial charge in [-0.3, -0.25) is 0 Å². The van der Waals surface area contributed by atoms with Crippen LogP contribution in [-0.4, -0.2) is 19.6 Å². The zero-order valence-electron chi connectivity index (χ0n) is 9.21. The summed E-state index contributed by atoms with van der Waals surface area (Å²) in [5, 5.41) is 15.6. The van der Waals surface area contributed by atoms with Crippen molar-refractivity contribution in [2.45, 2.75) is 12.8 Å². The molecular formula is C13H15N3. The van der Waals surface area contributed by atoms with E-state index in [0.29, 0.717) is 6.54 Å². The van der Waals surface area contributed by atoms with Crippen LogP contribution in [0.3, 0.4) is 0 Å². The van der Waals surface area contributed by atoms with Crippen LogP contribution in [0.4, 0.5) is 0 Å². The SMILES string of the molecule is N#CC1=CC2=CC3(C=C2NC1)CCNCC3. The fraction of sp³-hybridized carbons (Fsp3) is 0.462. The summed E-state index contributed by atoms with van der Waals surface area (Å²) < 4.78 is 0. The number of nitriles is 1. The maximum atomic E-state index is 8.90. The lowest BCUT2D eigenvalue weighted by Crippen LogP contribution is -2.33. The summed E-state index contributed by atoms with van der Waals surface area (Å²) in [6.07, 6.45) is 9.05. The van der Waals surface area contributed by atoms with Gasteiger partial charge in [-0.25, -0.2) is 0 Å². The zero-order valence-corrected chi connectivity index (χ0v) is 9.21. The van der Waals surface area contributed by atoms with Crippen molar-refractivity contribution in [1.82, 2.24) is 10.6 Å². The van der Waals surface area contributed by atoms with Gasteiger partial charge in [-0.1, -0.05) is 12.2 Å². The van der Waals surface area contributed by atoms with Crippen molar-refractivity contribution in [3.63, 3.8) is 0 Å². The molecule has 82 valence electrons. The van der Waals surface area contributed by atoms with Crippen molar-refractivity contribution in [2.24, 2.45) is 5.41 Å². The minimum absolute atomic E-state index is 0.240. The molecule has 3 nitrogen and oxygen atoms in total. The Morgan fingerprint density at radius 2 is 2.06 bits per heavy atom. The number of hydrogen-bond donors (Lipinski definition) is 2. The molecule has 0 aromatic rings. The molecule has 2 aliphatic heterocycles. The van der Waals surface area contributed by atoms with Gasteiger partial charge in [0.25, 0.3) is 0 Å². The summed E-state index contributed by atoms with van der Waals surface area (Å²) in [6.45, 7) is 2.85. The third kappa shape index (κ3) is 1.46. The monoisotopic (exact) mass is 213 g/mol. The van der Waals surface area contributed by atoms with Gasteiger partial charge >= 0.3 is 0 Å². The number of nitrogens with zero attached hydrogens (tertiary/aromatic N) is 1. The van der Waals surface area contributed by atoms with E-state index in [2.05, 4.69) is 28.9 Å². The number of allylic oxidation sites excluding steroid dienone is 3. The summed E-state index contributed by atoms with van der Waals surface area (Å²) in [7, 11) is 0. The Kier molecular flexibility index (Phi) is 2.12. The lowest BCUT2D eigenvalue weighted by atomic mass is 9.80. The van der Waals surface area contributed by atoms with Crippen LogP contribution in [0.25, 0.3) is 0 Å². The molecule has 1 fully saturated rings. The first kappa shape index (κ1) is 9.68. The van der Waals surface area contributed by atoms with E-state index in [9.17, 15) is 0 Å². The first-order valence-electron chi connectivity index (χ1n) is 5.83. The quantitative estimate of drug-likeness (QED) is 0.636. The van der Waals surface area contributed by atoms with Gasteiger partial charge in [0.2, 0.25) is 0 Å². The molecule has 3 heteroatoms. The fourth-order valence-electron chi connectivity index (χ4n) is 2.75. The summed E-state index contributed by atoms with van der Waals surface area (Å²) in [4.78, 5) is 0.